The highest BCUT2D eigenvalue weighted by Crippen LogP contribution is 2.16. The van der Waals surface area contributed by atoms with Crippen LogP contribution in [0, 0.1) is 11.3 Å². The summed E-state index contributed by atoms with van der Waals surface area (Å²) in [4.78, 5) is 22.9. The molecule has 0 bridgehead atoms. The summed E-state index contributed by atoms with van der Waals surface area (Å²) in [6.07, 6.45) is 0. The number of hydrogen-bond donors (Lipinski definition) is 2. The van der Waals surface area contributed by atoms with Crippen molar-refractivity contribution in [1.82, 2.24) is 0 Å². The van der Waals surface area contributed by atoms with Crippen molar-refractivity contribution in [2.24, 2.45) is 0 Å². The molecule has 0 spiro atoms. The van der Waals surface area contributed by atoms with Crippen LogP contribution in [0.2, 0.25) is 0 Å². The van der Waals surface area contributed by atoms with Gasteiger partial charge in [0.1, 0.15) is 0 Å². The van der Waals surface area contributed by atoms with Gasteiger partial charge in [0.05, 0.1) is 17.4 Å². The lowest BCUT2D eigenvalue weighted by molar-refractivity contribution is -0.114. The molecule has 0 aliphatic heterocycles. The maximum Gasteiger partial charge on any atom is 0.234 e. The highest BCUT2D eigenvalue weighted by Gasteiger charge is 2.04. The Morgan fingerprint density at radius 3 is 2.38 bits per heavy atom. The van der Waals surface area contributed by atoms with Crippen LogP contribution in [-0.4, -0.2) is 17.6 Å². The van der Waals surface area contributed by atoms with Crippen molar-refractivity contribution in [1.29, 1.82) is 5.26 Å². The number of nitriles is 1. The molecule has 5 nitrogen and oxygen atoms in total. The fourth-order valence-corrected chi connectivity index (χ4v) is 2.80. The van der Waals surface area contributed by atoms with Crippen molar-refractivity contribution in [3.8, 4) is 6.07 Å². The van der Waals surface area contributed by atoms with Crippen LogP contribution in [-0.2, 0) is 15.3 Å². The average molecular weight is 339 g/mol. The molecule has 2 rings (SSSR count). The van der Waals surface area contributed by atoms with Crippen LogP contribution in [0.25, 0.3) is 0 Å². The summed E-state index contributed by atoms with van der Waals surface area (Å²) in [6, 6.07) is 16.4. The molecule has 0 fully saturated rings. The number of nitrogens with one attached hydrogen (secondary N) is 2. The molecule has 0 radical (unpaired) electrons. The van der Waals surface area contributed by atoms with Gasteiger partial charge in [0.15, 0.2) is 0 Å². The zero-order valence-corrected chi connectivity index (χ0v) is 14.0. The summed E-state index contributed by atoms with van der Waals surface area (Å²) < 4.78 is 0. The molecule has 2 aromatic carbocycles. The lowest BCUT2D eigenvalue weighted by atomic mass is 10.2. The number of carbonyl (C=O) groups excluding carboxylic acids is 2. The molecular weight excluding hydrogens is 322 g/mol. The Balaban J connectivity index is 1.78. The van der Waals surface area contributed by atoms with E-state index in [2.05, 4.69) is 16.7 Å². The standard InChI is InChI=1S/C18H17N3O2S/c1-13(22)20-16-5-7-17(8-6-16)21-18(23)12-24-11-15-4-2-3-14(9-15)10-19/h2-9H,11-12H2,1H3,(H,20,22)(H,21,23). The average Bonchev–Trinajstić information content (AvgIpc) is 2.56. The SMILES string of the molecule is CC(=O)Nc1ccc(NC(=O)CSCc2cccc(C#N)c2)cc1. The first-order valence-electron chi connectivity index (χ1n) is 7.31. The highest BCUT2D eigenvalue weighted by atomic mass is 32.2. The van der Waals surface area contributed by atoms with Crippen LogP contribution >= 0.6 is 11.8 Å². The zero-order chi connectivity index (χ0) is 17.4. The van der Waals surface area contributed by atoms with Gasteiger partial charge < -0.3 is 10.6 Å². The largest absolute Gasteiger partial charge is 0.326 e. The van der Waals surface area contributed by atoms with E-state index >= 15 is 0 Å². The molecule has 0 heterocycles. The Hall–Kier alpha value is -2.78. The molecule has 2 N–H and O–H groups in total. The van der Waals surface area contributed by atoms with E-state index in [0.717, 1.165) is 5.56 Å². The summed E-state index contributed by atoms with van der Waals surface area (Å²) in [6.45, 7) is 1.44. The molecule has 122 valence electrons. The number of rotatable bonds is 6. The number of hydrogen-bond acceptors (Lipinski definition) is 4. The molecule has 0 saturated heterocycles. The van der Waals surface area contributed by atoms with Crippen LogP contribution in [0.4, 0.5) is 11.4 Å². The third-order valence-electron chi connectivity index (χ3n) is 3.05. The topological polar surface area (TPSA) is 82.0 Å². The number of amides is 2. The van der Waals surface area contributed by atoms with Crippen LogP contribution in [0.5, 0.6) is 0 Å². The molecule has 2 aromatic rings. The number of thioether (sulfide) groups is 1. The number of carbonyl (C=O) groups is 2. The van der Waals surface area contributed by atoms with Gasteiger partial charge >= 0.3 is 0 Å². The first-order chi connectivity index (χ1) is 11.6. The molecule has 0 aliphatic carbocycles. The van der Waals surface area contributed by atoms with Gasteiger partial charge in [-0.3, -0.25) is 9.59 Å². The molecule has 0 aliphatic rings. The van der Waals surface area contributed by atoms with Gasteiger partial charge in [-0.25, -0.2) is 0 Å². The predicted molar refractivity (Wildman–Crippen MR) is 96.7 cm³/mol. The number of anilines is 2. The Bertz CT molecular complexity index is 767. The van der Waals surface area contributed by atoms with E-state index in [-0.39, 0.29) is 11.8 Å². The first-order valence-corrected chi connectivity index (χ1v) is 8.46. The minimum Gasteiger partial charge on any atom is -0.326 e. The molecule has 0 aromatic heterocycles. The van der Waals surface area contributed by atoms with Crippen molar-refractivity contribution in [3.05, 3.63) is 59.7 Å². The summed E-state index contributed by atoms with van der Waals surface area (Å²) in [7, 11) is 0. The molecule has 0 unspecified atom stereocenters. The van der Waals surface area contributed by atoms with Crippen LogP contribution in [0.15, 0.2) is 48.5 Å². The maximum atomic E-state index is 11.9. The van der Waals surface area contributed by atoms with E-state index in [9.17, 15) is 9.59 Å². The molecule has 6 heteroatoms. The smallest absolute Gasteiger partial charge is 0.234 e. The molecule has 0 atom stereocenters. The van der Waals surface area contributed by atoms with Crippen LogP contribution < -0.4 is 10.6 Å². The lowest BCUT2D eigenvalue weighted by Gasteiger charge is -2.07. The fourth-order valence-electron chi connectivity index (χ4n) is 2.03. The van der Waals surface area contributed by atoms with E-state index in [1.54, 1.807) is 30.3 Å². The van der Waals surface area contributed by atoms with E-state index in [1.807, 2.05) is 18.2 Å². The number of benzene rings is 2. The van der Waals surface area contributed by atoms with Crippen molar-refractivity contribution in [2.75, 3.05) is 16.4 Å². The Morgan fingerprint density at radius 2 is 1.75 bits per heavy atom. The fraction of sp³-hybridized carbons (Fsp3) is 0.167. The molecule has 24 heavy (non-hydrogen) atoms. The third kappa shape index (κ3) is 5.78. The lowest BCUT2D eigenvalue weighted by Crippen LogP contribution is -2.14. The van der Waals surface area contributed by atoms with Gasteiger partial charge in [-0.05, 0) is 42.0 Å². The molecule has 0 saturated carbocycles. The van der Waals surface area contributed by atoms with E-state index < -0.39 is 0 Å². The van der Waals surface area contributed by atoms with Gasteiger partial charge in [-0.2, -0.15) is 5.26 Å². The molecule has 2 amide bonds. The zero-order valence-electron chi connectivity index (χ0n) is 13.2. The van der Waals surface area contributed by atoms with E-state index in [1.165, 1.54) is 18.7 Å². The predicted octanol–water partition coefficient (Wildman–Crippen LogP) is 3.39. The Kier molecular flexibility index (Phi) is 6.41. The summed E-state index contributed by atoms with van der Waals surface area (Å²) >= 11 is 1.49. The van der Waals surface area contributed by atoms with Crippen molar-refractivity contribution < 1.29 is 9.59 Å². The summed E-state index contributed by atoms with van der Waals surface area (Å²) in [5.74, 6) is 0.765. The Labute approximate surface area is 145 Å². The van der Waals surface area contributed by atoms with Crippen LogP contribution in [0.1, 0.15) is 18.1 Å². The van der Waals surface area contributed by atoms with Gasteiger partial charge in [-0.15, -0.1) is 11.8 Å². The second-order valence-electron chi connectivity index (χ2n) is 5.11. The van der Waals surface area contributed by atoms with Gasteiger partial charge in [-0.1, -0.05) is 12.1 Å². The van der Waals surface area contributed by atoms with E-state index in [0.29, 0.717) is 28.4 Å². The van der Waals surface area contributed by atoms with Crippen molar-refractivity contribution in [3.63, 3.8) is 0 Å². The number of nitrogens with zero attached hydrogens (tertiary/aromatic N) is 1. The monoisotopic (exact) mass is 339 g/mol. The minimum atomic E-state index is -0.136. The second kappa shape index (κ2) is 8.75. The summed E-state index contributed by atoms with van der Waals surface area (Å²) in [5.41, 5.74) is 3.01. The maximum absolute atomic E-state index is 11.9. The van der Waals surface area contributed by atoms with Crippen LogP contribution in [0.3, 0.4) is 0 Å². The van der Waals surface area contributed by atoms with Crippen molar-refractivity contribution >= 4 is 35.0 Å². The summed E-state index contributed by atoms with van der Waals surface area (Å²) in [5, 5.41) is 14.3. The quantitative estimate of drug-likeness (QED) is 0.845. The Morgan fingerprint density at radius 1 is 1.08 bits per heavy atom. The first kappa shape index (κ1) is 17.6. The normalized spacial score (nSPS) is 9.83. The highest BCUT2D eigenvalue weighted by molar-refractivity contribution is 7.99. The minimum absolute atomic E-state index is 0.0938. The van der Waals surface area contributed by atoms with Gasteiger partial charge in [0, 0.05) is 24.1 Å². The van der Waals surface area contributed by atoms with Gasteiger partial charge in [0.2, 0.25) is 11.8 Å². The second-order valence-corrected chi connectivity index (χ2v) is 6.10. The molecular formula is C18H17N3O2S. The third-order valence-corrected chi connectivity index (χ3v) is 4.05. The van der Waals surface area contributed by atoms with Crippen molar-refractivity contribution in [2.45, 2.75) is 12.7 Å². The van der Waals surface area contributed by atoms with Gasteiger partial charge in [0.25, 0.3) is 0 Å². The van der Waals surface area contributed by atoms with E-state index in [4.69, 9.17) is 5.26 Å².